The van der Waals surface area contributed by atoms with Crippen molar-refractivity contribution in [2.75, 3.05) is 24.0 Å². The Hall–Kier alpha value is -2.50. The van der Waals surface area contributed by atoms with Crippen LogP contribution in [0.3, 0.4) is 0 Å². The maximum atomic E-state index is 11.3. The van der Waals surface area contributed by atoms with Crippen LogP contribution < -0.4 is 0 Å². The summed E-state index contributed by atoms with van der Waals surface area (Å²) in [5.41, 5.74) is -5.75. The van der Waals surface area contributed by atoms with Crippen molar-refractivity contribution in [3.63, 3.8) is 0 Å². The van der Waals surface area contributed by atoms with Crippen molar-refractivity contribution in [2.45, 2.75) is 49.9 Å². The van der Waals surface area contributed by atoms with E-state index >= 15 is 0 Å². The molecule has 0 N–H and O–H groups in total. The second-order valence-electron chi connectivity index (χ2n) is 6.96. The maximum Gasteiger partial charge on any atom is 0.459 e. The lowest BCUT2D eigenvalue weighted by Crippen LogP contribution is -2.48. The van der Waals surface area contributed by atoms with Crippen molar-refractivity contribution in [3.8, 4) is 0 Å². The molecule has 18 heteroatoms. The molecule has 0 aliphatic rings. The van der Waals surface area contributed by atoms with E-state index in [2.05, 4.69) is 0 Å². The van der Waals surface area contributed by atoms with E-state index in [9.17, 15) is 57.3 Å². The van der Waals surface area contributed by atoms with Crippen molar-refractivity contribution in [3.05, 3.63) is 40.5 Å². The van der Waals surface area contributed by atoms with Crippen molar-refractivity contribution in [2.24, 2.45) is 0 Å². The van der Waals surface area contributed by atoms with Crippen molar-refractivity contribution < 1.29 is 36.5 Å². The fourth-order valence-electron chi connectivity index (χ4n) is 2.63. The molecule has 0 rings (SSSR count). The Kier molecular flexibility index (Phi) is 9.17. The van der Waals surface area contributed by atoms with Gasteiger partial charge in [0.15, 0.2) is 0 Å². The molecule has 0 saturated carbocycles. The SMILES string of the molecule is CS(=O)(=O)CCC(CCCCC(CCS(C)(=O)=O)([N+](=O)[O-])[N+](=O)[O-])([N+](=O)[O-])[N+](=O)[O-]. The van der Waals surface area contributed by atoms with Crippen LogP contribution in [0.1, 0.15) is 38.5 Å². The van der Waals surface area contributed by atoms with Crippen LogP contribution in [0.25, 0.3) is 0 Å². The highest BCUT2D eigenvalue weighted by Gasteiger charge is 2.57. The van der Waals surface area contributed by atoms with Gasteiger partial charge in [0, 0.05) is 12.5 Å². The summed E-state index contributed by atoms with van der Waals surface area (Å²) in [6, 6.07) is 0. The van der Waals surface area contributed by atoms with Gasteiger partial charge in [-0.25, -0.2) is 16.8 Å². The van der Waals surface area contributed by atoms with E-state index in [4.69, 9.17) is 0 Å². The molecule has 0 amide bonds. The third-order valence-electron chi connectivity index (χ3n) is 4.51. The number of hydrogen-bond acceptors (Lipinski definition) is 12. The standard InChI is InChI=1S/C12H22N4O12S2/c1-29(25,26)9-7-11(13(17)18,14(19)20)5-3-4-6-12(15(21)22,16(23)24)8-10-30(2,27)28/h3-10H2,1-2H3. The molecule has 0 aromatic carbocycles. The predicted molar refractivity (Wildman–Crippen MR) is 101 cm³/mol. The summed E-state index contributed by atoms with van der Waals surface area (Å²) in [6.07, 6.45) is -2.93. The van der Waals surface area contributed by atoms with Crippen LogP contribution in [0.15, 0.2) is 0 Å². The summed E-state index contributed by atoms with van der Waals surface area (Å²) in [6.45, 7) is 0. The molecule has 174 valence electrons. The summed E-state index contributed by atoms with van der Waals surface area (Å²) in [7, 11) is -7.53. The zero-order valence-corrected chi connectivity index (χ0v) is 17.8. The van der Waals surface area contributed by atoms with E-state index in [1.54, 1.807) is 0 Å². The zero-order chi connectivity index (χ0) is 24.0. The van der Waals surface area contributed by atoms with Crippen molar-refractivity contribution >= 4 is 19.7 Å². The third-order valence-corrected chi connectivity index (χ3v) is 6.40. The van der Waals surface area contributed by atoms with Crippen LogP contribution in [-0.2, 0) is 19.7 Å². The van der Waals surface area contributed by atoms with Gasteiger partial charge in [0.1, 0.15) is 32.5 Å². The quantitative estimate of drug-likeness (QED) is 0.130. The first kappa shape index (κ1) is 27.5. The smallest absolute Gasteiger partial charge is 0.258 e. The van der Waals surface area contributed by atoms with Gasteiger partial charge in [-0.15, -0.1) is 0 Å². The fourth-order valence-corrected chi connectivity index (χ4v) is 4.02. The van der Waals surface area contributed by atoms with E-state index in [1.807, 2.05) is 0 Å². The van der Waals surface area contributed by atoms with Gasteiger partial charge in [0.2, 0.25) is 0 Å². The number of hydrogen-bond donors (Lipinski definition) is 0. The first-order chi connectivity index (χ1) is 13.4. The molecule has 0 radical (unpaired) electrons. The molecule has 0 aromatic rings. The topological polar surface area (TPSA) is 241 Å². The van der Waals surface area contributed by atoms with Crippen LogP contribution in [0.4, 0.5) is 0 Å². The summed E-state index contributed by atoms with van der Waals surface area (Å²) in [5, 5.41) is 45.1. The van der Waals surface area contributed by atoms with Crippen molar-refractivity contribution in [1.29, 1.82) is 0 Å². The predicted octanol–water partition coefficient (Wildman–Crippen LogP) is -0.0844. The van der Waals surface area contributed by atoms with E-state index in [-0.39, 0.29) is 0 Å². The first-order valence-electron chi connectivity index (χ1n) is 8.33. The number of nitrogens with zero attached hydrogens (tertiary/aromatic N) is 4. The number of nitro groups is 4. The summed E-state index contributed by atoms with van der Waals surface area (Å²) in [5.74, 6) is -1.70. The van der Waals surface area contributed by atoms with Crippen LogP contribution >= 0.6 is 0 Å². The minimum Gasteiger partial charge on any atom is -0.258 e. The lowest BCUT2D eigenvalue weighted by Gasteiger charge is -2.19. The van der Waals surface area contributed by atoms with Crippen LogP contribution in [0.2, 0.25) is 0 Å². The molecular weight excluding hydrogens is 456 g/mol. The molecule has 0 heterocycles. The second kappa shape index (κ2) is 10.0. The molecule has 0 saturated heterocycles. The van der Waals surface area contributed by atoms with Gasteiger partial charge in [-0.05, 0) is 12.8 Å². The Balaban J connectivity index is 5.48. The lowest BCUT2D eigenvalue weighted by molar-refractivity contribution is -0.800. The normalized spacial score (nSPS) is 13.0. The highest BCUT2D eigenvalue weighted by molar-refractivity contribution is 7.90. The molecule has 0 aliphatic heterocycles. The van der Waals surface area contributed by atoms with Gasteiger partial charge in [-0.3, -0.25) is 40.5 Å². The number of rotatable bonds is 15. The second-order valence-corrected chi connectivity index (χ2v) is 11.5. The fraction of sp³-hybridized carbons (Fsp3) is 1.00. The minimum absolute atomic E-state index is 0.436. The van der Waals surface area contributed by atoms with Crippen LogP contribution in [-0.4, -0.2) is 71.9 Å². The average molecular weight is 478 g/mol. The lowest BCUT2D eigenvalue weighted by atomic mass is 9.95. The monoisotopic (exact) mass is 478 g/mol. The average Bonchev–Trinajstić information content (AvgIpc) is 2.53. The van der Waals surface area contributed by atoms with Gasteiger partial charge < -0.3 is 0 Å². The molecule has 0 spiro atoms. The number of sulfone groups is 2. The van der Waals surface area contributed by atoms with Gasteiger partial charge in [-0.2, -0.15) is 0 Å². The summed E-state index contributed by atoms with van der Waals surface area (Å²) in [4.78, 5) is 40.1. The largest absolute Gasteiger partial charge is 0.459 e. The van der Waals surface area contributed by atoms with E-state index in [0.717, 1.165) is 12.5 Å². The highest BCUT2D eigenvalue weighted by atomic mass is 32.2. The van der Waals surface area contributed by atoms with E-state index in [1.165, 1.54) is 0 Å². The van der Waals surface area contributed by atoms with Crippen LogP contribution in [0, 0.1) is 40.5 Å². The van der Waals surface area contributed by atoms with Gasteiger partial charge in [-0.1, -0.05) is 0 Å². The molecule has 30 heavy (non-hydrogen) atoms. The van der Waals surface area contributed by atoms with Gasteiger partial charge in [0.25, 0.3) is 0 Å². The van der Waals surface area contributed by atoms with E-state index < -0.39 is 101 Å². The minimum atomic E-state index is -3.77. The molecule has 0 aromatic heterocycles. The Labute approximate surface area is 171 Å². The summed E-state index contributed by atoms with van der Waals surface area (Å²) < 4.78 is 45.0. The molecule has 0 atom stereocenters. The molecule has 0 aliphatic carbocycles. The molecule has 0 bridgehead atoms. The maximum absolute atomic E-state index is 11.3. The molecular formula is C12H22N4O12S2. The Morgan fingerprint density at radius 1 is 0.567 bits per heavy atom. The summed E-state index contributed by atoms with van der Waals surface area (Å²) >= 11 is 0. The van der Waals surface area contributed by atoms with Crippen LogP contribution in [0.5, 0.6) is 0 Å². The first-order valence-corrected chi connectivity index (χ1v) is 12.5. The van der Waals surface area contributed by atoms with Crippen molar-refractivity contribution in [1.82, 2.24) is 0 Å². The molecule has 0 unspecified atom stereocenters. The Morgan fingerprint density at radius 2 is 0.800 bits per heavy atom. The number of unbranched alkanes of at least 4 members (excludes halogenated alkanes) is 1. The Bertz CT molecular complexity index is 796. The third kappa shape index (κ3) is 7.73. The highest BCUT2D eigenvalue weighted by Crippen LogP contribution is 2.29. The Morgan fingerprint density at radius 3 is 0.967 bits per heavy atom. The zero-order valence-electron chi connectivity index (χ0n) is 16.2. The van der Waals surface area contributed by atoms with E-state index in [0.29, 0.717) is 0 Å². The van der Waals surface area contributed by atoms with Gasteiger partial charge in [0.05, 0.1) is 44.0 Å². The molecule has 16 nitrogen and oxygen atoms in total. The molecule has 0 fully saturated rings. The van der Waals surface area contributed by atoms with Gasteiger partial charge >= 0.3 is 11.3 Å².